The number of carbonyl (C=O) groups is 1. The number of anilines is 2. The molecule has 0 bridgehead atoms. The van der Waals surface area contributed by atoms with Crippen LogP contribution in [0.25, 0.3) is 0 Å². The van der Waals surface area contributed by atoms with Crippen molar-refractivity contribution in [3.05, 3.63) is 53.2 Å². The SMILES string of the molecule is CCC(CO)Nc1cc(N2CCC(NC(=O)N[C@@H](CO)c3ccccc3)C2)c(Cl)cn1. The first-order chi connectivity index (χ1) is 15.0. The number of pyridine rings is 1. The minimum absolute atomic E-state index is 0.0266. The van der Waals surface area contributed by atoms with Gasteiger partial charge in [0.15, 0.2) is 0 Å². The van der Waals surface area contributed by atoms with Gasteiger partial charge in [0, 0.05) is 31.4 Å². The third-order valence-corrected chi connectivity index (χ3v) is 5.75. The highest BCUT2D eigenvalue weighted by Crippen LogP contribution is 2.30. The van der Waals surface area contributed by atoms with E-state index in [1.54, 1.807) is 6.20 Å². The van der Waals surface area contributed by atoms with E-state index < -0.39 is 6.04 Å². The lowest BCUT2D eigenvalue weighted by molar-refractivity contribution is 0.214. The molecule has 0 saturated carbocycles. The molecule has 168 valence electrons. The number of nitrogens with zero attached hydrogens (tertiary/aromatic N) is 2. The molecule has 8 nitrogen and oxygen atoms in total. The molecule has 9 heteroatoms. The van der Waals surface area contributed by atoms with Gasteiger partial charge in [0.05, 0.1) is 36.0 Å². The van der Waals surface area contributed by atoms with Gasteiger partial charge >= 0.3 is 6.03 Å². The van der Waals surface area contributed by atoms with Crippen molar-refractivity contribution in [1.29, 1.82) is 0 Å². The number of hydrogen-bond donors (Lipinski definition) is 5. The summed E-state index contributed by atoms with van der Waals surface area (Å²) in [5.74, 6) is 0.656. The topological polar surface area (TPSA) is 110 Å². The molecule has 1 saturated heterocycles. The van der Waals surface area contributed by atoms with Crippen LogP contribution in [-0.2, 0) is 0 Å². The minimum atomic E-state index is -0.458. The first-order valence-corrected chi connectivity index (χ1v) is 10.9. The average molecular weight is 448 g/mol. The highest BCUT2D eigenvalue weighted by molar-refractivity contribution is 6.33. The number of carbonyl (C=O) groups excluding carboxylic acids is 1. The Balaban J connectivity index is 1.58. The van der Waals surface area contributed by atoms with Crippen molar-refractivity contribution in [3.8, 4) is 0 Å². The zero-order valence-electron chi connectivity index (χ0n) is 17.6. The van der Waals surface area contributed by atoms with Gasteiger partial charge < -0.3 is 31.1 Å². The molecule has 1 aliphatic heterocycles. The summed E-state index contributed by atoms with van der Waals surface area (Å²) in [4.78, 5) is 18.9. The fraction of sp³-hybridized carbons (Fsp3) is 0.455. The number of amides is 2. The van der Waals surface area contributed by atoms with Crippen LogP contribution in [-0.4, -0.2) is 59.6 Å². The quantitative estimate of drug-likeness (QED) is 0.404. The Hall–Kier alpha value is -2.55. The van der Waals surface area contributed by atoms with Gasteiger partial charge in [0.1, 0.15) is 5.82 Å². The van der Waals surface area contributed by atoms with Crippen LogP contribution in [0.2, 0.25) is 5.02 Å². The van der Waals surface area contributed by atoms with Crippen molar-refractivity contribution in [1.82, 2.24) is 15.6 Å². The fourth-order valence-electron chi connectivity index (χ4n) is 3.64. The summed E-state index contributed by atoms with van der Waals surface area (Å²) >= 11 is 6.38. The Labute approximate surface area is 187 Å². The first kappa shape index (κ1) is 23.1. The zero-order chi connectivity index (χ0) is 22.2. The Bertz CT molecular complexity index is 850. The van der Waals surface area contributed by atoms with E-state index in [1.807, 2.05) is 43.3 Å². The van der Waals surface area contributed by atoms with E-state index in [-0.39, 0.29) is 31.3 Å². The normalized spacial score (nSPS) is 17.8. The largest absolute Gasteiger partial charge is 0.394 e. The van der Waals surface area contributed by atoms with Crippen LogP contribution in [0, 0.1) is 0 Å². The van der Waals surface area contributed by atoms with Crippen molar-refractivity contribution >= 4 is 29.1 Å². The average Bonchev–Trinajstić information content (AvgIpc) is 3.25. The maximum atomic E-state index is 12.5. The van der Waals surface area contributed by atoms with Crippen LogP contribution in [0.3, 0.4) is 0 Å². The number of aromatic nitrogens is 1. The molecule has 2 aromatic rings. The monoisotopic (exact) mass is 447 g/mol. The Kier molecular flexibility index (Phi) is 8.34. The summed E-state index contributed by atoms with van der Waals surface area (Å²) in [6, 6.07) is 10.4. The number of aliphatic hydroxyl groups is 2. The molecule has 0 aliphatic carbocycles. The smallest absolute Gasteiger partial charge is 0.315 e. The van der Waals surface area contributed by atoms with Gasteiger partial charge in [-0.05, 0) is 18.4 Å². The molecule has 2 heterocycles. The van der Waals surface area contributed by atoms with E-state index in [0.717, 1.165) is 30.6 Å². The van der Waals surface area contributed by atoms with Crippen molar-refractivity contribution in [3.63, 3.8) is 0 Å². The van der Waals surface area contributed by atoms with Crippen molar-refractivity contribution in [2.45, 2.75) is 37.9 Å². The summed E-state index contributed by atoms with van der Waals surface area (Å²) in [7, 11) is 0. The summed E-state index contributed by atoms with van der Waals surface area (Å²) < 4.78 is 0. The van der Waals surface area contributed by atoms with Gasteiger partial charge in [-0.3, -0.25) is 0 Å². The Morgan fingerprint density at radius 3 is 2.74 bits per heavy atom. The number of urea groups is 1. The predicted molar refractivity (Wildman–Crippen MR) is 123 cm³/mol. The van der Waals surface area contributed by atoms with E-state index >= 15 is 0 Å². The number of aliphatic hydroxyl groups excluding tert-OH is 2. The molecule has 0 radical (unpaired) electrons. The predicted octanol–water partition coefficient (Wildman–Crippen LogP) is 2.53. The zero-order valence-corrected chi connectivity index (χ0v) is 18.3. The van der Waals surface area contributed by atoms with Crippen LogP contribution in [0.5, 0.6) is 0 Å². The second-order valence-corrected chi connectivity index (χ2v) is 8.06. The van der Waals surface area contributed by atoms with Crippen LogP contribution in [0.4, 0.5) is 16.3 Å². The summed E-state index contributed by atoms with van der Waals surface area (Å²) in [6.07, 6.45) is 3.15. The van der Waals surface area contributed by atoms with E-state index in [9.17, 15) is 15.0 Å². The lowest BCUT2D eigenvalue weighted by Crippen LogP contribution is -2.45. The van der Waals surface area contributed by atoms with Gasteiger partial charge in [0.25, 0.3) is 0 Å². The molecule has 1 fully saturated rings. The number of benzene rings is 1. The highest BCUT2D eigenvalue weighted by atomic mass is 35.5. The lowest BCUT2D eigenvalue weighted by atomic mass is 10.1. The number of halogens is 1. The second-order valence-electron chi connectivity index (χ2n) is 7.65. The number of rotatable bonds is 9. The van der Waals surface area contributed by atoms with Crippen molar-refractivity contribution < 1.29 is 15.0 Å². The van der Waals surface area contributed by atoms with E-state index in [2.05, 4.69) is 25.8 Å². The lowest BCUT2D eigenvalue weighted by Gasteiger charge is -2.23. The Morgan fingerprint density at radius 1 is 1.29 bits per heavy atom. The molecule has 5 N–H and O–H groups in total. The van der Waals surface area contributed by atoms with E-state index in [0.29, 0.717) is 17.4 Å². The molecule has 3 atom stereocenters. The van der Waals surface area contributed by atoms with Crippen LogP contribution < -0.4 is 20.9 Å². The van der Waals surface area contributed by atoms with Gasteiger partial charge in [-0.25, -0.2) is 9.78 Å². The van der Waals surface area contributed by atoms with Crippen LogP contribution in [0.15, 0.2) is 42.6 Å². The third-order valence-electron chi connectivity index (χ3n) is 5.45. The summed E-state index contributed by atoms with van der Waals surface area (Å²) in [6.45, 7) is 3.20. The van der Waals surface area contributed by atoms with E-state index in [1.165, 1.54) is 0 Å². The highest BCUT2D eigenvalue weighted by Gasteiger charge is 2.26. The fourth-order valence-corrected chi connectivity index (χ4v) is 3.86. The molecule has 2 amide bonds. The van der Waals surface area contributed by atoms with Gasteiger partial charge in [-0.1, -0.05) is 48.9 Å². The summed E-state index contributed by atoms with van der Waals surface area (Å²) in [5, 5.41) is 28.6. The third kappa shape index (κ3) is 6.22. The maximum absolute atomic E-state index is 12.5. The molecular weight excluding hydrogens is 418 g/mol. The number of nitrogens with one attached hydrogen (secondary N) is 3. The van der Waals surface area contributed by atoms with Crippen molar-refractivity contribution in [2.75, 3.05) is 36.5 Å². The molecule has 1 aliphatic rings. The molecular formula is C22H30ClN5O3. The summed E-state index contributed by atoms with van der Waals surface area (Å²) in [5.41, 5.74) is 1.69. The molecule has 31 heavy (non-hydrogen) atoms. The molecule has 1 aromatic heterocycles. The standard InChI is InChI=1S/C22H30ClN5O3/c1-2-16(13-29)25-21-10-20(18(23)11-24-21)28-9-8-17(12-28)26-22(31)27-19(14-30)15-6-4-3-5-7-15/h3-7,10-11,16-17,19,29-30H,2,8-9,12-14H2,1H3,(H,24,25)(H2,26,27,31)/t16?,17?,19-/m0/s1. The van der Waals surface area contributed by atoms with Crippen LogP contribution >= 0.6 is 11.6 Å². The van der Waals surface area contributed by atoms with Crippen molar-refractivity contribution in [2.24, 2.45) is 0 Å². The van der Waals surface area contributed by atoms with Gasteiger partial charge in [-0.2, -0.15) is 0 Å². The molecule has 2 unspecified atom stereocenters. The van der Waals surface area contributed by atoms with E-state index in [4.69, 9.17) is 11.6 Å². The number of hydrogen-bond acceptors (Lipinski definition) is 6. The molecule has 3 rings (SSSR count). The Morgan fingerprint density at radius 2 is 2.06 bits per heavy atom. The van der Waals surface area contributed by atoms with Gasteiger partial charge in [-0.15, -0.1) is 0 Å². The van der Waals surface area contributed by atoms with Gasteiger partial charge in [0.2, 0.25) is 0 Å². The molecule has 0 spiro atoms. The first-order valence-electron chi connectivity index (χ1n) is 10.5. The minimum Gasteiger partial charge on any atom is -0.394 e. The maximum Gasteiger partial charge on any atom is 0.315 e. The van der Waals surface area contributed by atoms with Crippen LogP contribution in [0.1, 0.15) is 31.4 Å². The molecule has 1 aromatic carbocycles. The second kappa shape index (κ2) is 11.2.